The van der Waals surface area contributed by atoms with Crippen molar-refractivity contribution in [2.24, 2.45) is 0 Å². The van der Waals surface area contributed by atoms with Crippen LogP contribution in [0.15, 0.2) is 16.6 Å². The molecule has 0 aromatic heterocycles. The molecule has 0 saturated heterocycles. The van der Waals surface area contributed by atoms with Gasteiger partial charge in [0.1, 0.15) is 16.0 Å². The number of benzene rings is 1. The number of hydrogen-bond acceptors (Lipinski definition) is 3. The second-order valence-electron chi connectivity index (χ2n) is 2.54. The zero-order valence-electron chi connectivity index (χ0n) is 7.30. The smallest absolute Gasteiger partial charge is 0.163 e. The first-order valence-electron chi connectivity index (χ1n) is 3.64. The molecule has 70 valence electrons. The molecule has 1 aromatic carbocycles. The number of aromatic hydroxyl groups is 1. The first-order chi connectivity index (χ1) is 6.07. The van der Waals surface area contributed by atoms with Crippen LogP contribution in [0.1, 0.15) is 17.3 Å². The summed E-state index contributed by atoms with van der Waals surface area (Å²) in [5.74, 6) is 0.326. The summed E-state index contributed by atoms with van der Waals surface area (Å²) < 4.78 is 5.40. The number of carbonyl (C=O) groups is 1. The number of phenols is 1. The van der Waals surface area contributed by atoms with Crippen LogP contribution in [-0.2, 0) is 0 Å². The van der Waals surface area contributed by atoms with Crippen LogP contribution in [-0.4, -0.2) is 18.0 Å². The number of halogens is 1. The van der Waals surface area contributed by atoms with Gasteiger partial charge < -0.3 is 9.84 Å². The minimum atomic E-state index is -0.0995. The number of ketones is 1. The van der Waals surface area contributed by atoms with Crippen LogP contribution in [0, 0.1) is 0 Å². The minimum absolute atomic E-state index is 0.0573. The van der Waals surface area contributed by atoms with Crippen LogP contribution in [0.4, 0.5) is 0 Å². The van der Waals surface area contributed by atoms with E-state index in [1.54, 1.807) is 0 Å². The Morgan fingerprint density at radius 2 is 2.15 bits per heavy atom. The molecule has 0 aliphatic rings. The van der Waals surface area contributed by atoms with Crippen molar-refractivity contribution in [3.63, 3.8) is 0 Å². The normalized spacial score (nSPS) is 9.77. The van der Waals surface area contributed by atoms with Gasteiger partial charge in [-0.05, 0) is 35.0 Å². The van der Waals surface area contributed by atoms with Gasteiger partial charge in [-0.3, -0.25) is 4.79 Å². The van der Waals surface area contributed by atoms with Gasteiger partial charge in [-0.1, -0.05) is 0 Å². The maximum atomic E-state index is 11.1. The van der Waals surface area contributed by atoms with Crippen LogP contribution < -0.4 is 4.74 Å². The topological polar surface area (TPSA) is 46.5 Å². The molecule has 0 fully saturated rings. The van der Waals surface area contributed by atoms with Gasteiger partial charge in [-0.25, -0.2) is 0 Å². The van der Waals surface area contributed by atoms with Crippen LogP contribution in [0.25, 0.3) is 0 Å². The van der Waals surface area contributed by atoms with Crippen LogP contribution in [0.5, 0.6) is 11.5 Å². The highest BCUT2D eigenvalue weighted by Gasteiger charge is 2.13. The van der Waals surface area contributed by atoms with E-state index in [9.17, 15) is 9.90 Å². The highest BCUT2D eigenvalue weighted by molar-refractivity contribution is 9.10. The number of hydrogen-bond donors (Lipinski definition) is 1. The lowest BCUT2D eigenvalue weighted by Crippen LogP contribution is -1.97. The van der Waals surface area contributed by atoms with Gasteiger partial charge in [0, 0.05) is 0 Å². The molecule has 3 nitrogen and oxygen atoms in total. The summed E-state index contributed by atoms with van der Waals surface area (Å²) in [6, 6.07) is 2.98. The van der Waals surface area contributed by atoms with Crippen molar-refractivity contribution in [1.82, 2.24) is 0 Å². The van der Waals surface area contributed by atoms with Gasteiger partial charge in [0.2, 0.25) is 0 Å². The molecule has 13 heavy (non-hydrogen) atoms. The molecule has 0 saturated carbocycles. The highest BCUT2D eigenvalue weighted by Crippen LogP contribution is 2.36. The average molecular weight is 245 g/mol. The van der Waals surface area contributed by atoms with Crippen molar-refractivity contribution in [2.75, 3.05) is 7.11 Å². The molecule has 0 bridgehead atoms. The molecular formula is C9H9BrO3. The molecular weight excluding hydrogens is 236 g/mol. The predicted octanol–water partition coefficient (Wildman–Crippen LogP) is 2.37. The Balaban J connectivity index is 3.38. The predicted molar refractivity (Wildman–Crippen MR) is 52.4 cm³/mol. The van der Waals surface area contributed by atoms with E-state index in [-0.39, 0.29) is 11.5 Å². The summed E-state index contributed by atoms with van der Waals surface area (Å²) >= 11 is 3.13. The Hall–Kier alpha value is -1.03. The van der Waals surface area contributed by atoms with Gasteiger partial charge >= 0.3 is 0 Å². The fourth-order valence-corrected chi connectivity index (χ4v) is 1.53. The number of rotatable bonds is 2. The van der Waals surface area contributed by atoms with Gasteiger partial charge in [-0.15, -0.1) is 0 Å². The quantitative estimate of drug-likeness (QED) is 0.813. The van der Waals surface area contributed by atoms with E-state index in [0.29, 0.717) is 15.8 Å². The summed E-state index contributed by atoms with van der Waals surface area (Å²) in [6.45, 7) is 1.45. The van der Waals surface area contributed by atoms with Gasteiger partial charge in [-0.2, -0.15) is 0 Å². The maximum absolute atomic E-state index is 11.1. The van der Waals surface area contributed by atoms with Crippen molar-refractivity contribution in [1.29, 1.82) is 0 Å². The zero-order chi connectivity index (χ0) is 10.0. The number of phenolic OH excluding ortho intramolecular Hbond substituents is 1. The second kappa shape index (κ2) is 3.79. The molecule has 1 rings (SSSR count). The lowest BCUT2D eigenvalue weighted by molar-refractivity contribution is 0.101. The number of carbonyl (C=O) groups excluding carboxylic acids is 1. The summed E-state index contributed by atoms with van der Waals surface area (Å²) in [5.41, 5.74) is 0.451. The third-order valence-corrected chi connectivity index (χ3v) is 2.43. The molecule has 0 atom stereocenters. The molecule has 0 amide bonds. The Kier molecular flexibility index (Phi) is 2.93. The largest absolute Gasteiger partial charge is 0.507 e. The van der Waals surface area contributed by atoms with Crippen LogP contribution in [0.3, 0.4) is 0 Å². The number of ether oxygens (including phenoxy) is 1. The molecule has 0 spiro atoms. The van der Waals surface area contributed by atoms with E-state index in [0.717, 1.165) is 0 Å². The number of Topliss-reactive ketones (excluding diaryl/α,β-unsaturated/α-hetero) is 1. The number of methoxy groups -OCH3 is 1. The Morgan fingerprint density at radius 1 is 1.54 bits per heavy atom. The third kappa shape index (κ3) is 1.83. The van der Waals surface area contributed by atoms with E-state index in [4.69, 9.17) is 4.74 Å². The zero-order valence-corrected chi connectivity index (χ0v) is 8.88. The van der Waals surface area contributed by atoms with Crippen molar-refractivity contribution in [3.05, 3.63) is 22.2 Å². The maximum Gasteiger partial charge on any atom is 0.163 e. The highest BCUT2D eigenvalue weighted by atomic mass is 79.9. The summed E-state index contributed by atoms with van der Waals surface area (Å²) in [5, 5.41) is 9.30. The van der Waals surface area contributed by atoms with Crippen LogP contribution in [0.2, 0.25) is 0 Å². The molecule has 0 aliphatic carbocycles. The lowest BCUT2D eigenvalue weighted by Gasteiger charge is -2.08. The Morgan fingerprint density at radius 3 is 2.62 bits per heavy atom. The monoisotopic (exact) mass is 244 g/mol. The van der Waals surface area contributed by atoms with Gasteiger partial charge in [0.25, 0.3) is 0 Å². The van der Waals surface area contributed by atoms with E-state index < -0.39 is 0 Å². The fourth-order valence-electron chi connectivity index (χ4n) is 1.02. The first-order valence-corrected chi connectivity index (χ1v) is 4.43. The Labute approximate surface area is 84.5 Å². The van der Waals surface area contributed by atoms with E-state index >= 15 is 0 Å². The van der Waals surface area contributed by atoms with Gasteiger partial charge in [0.15, 0.2) is 5.78 Å². The second-order valence-corrected chi connectivity index (χ2v) is 3.33. The molecule has 1 aromatic rings. The van der Waals surface area contributed by atoms with Crippen molar-refractivity contribution in [3.8, 4) is 11.5 Å². The summed E-state index contributed by atoms with van der Waals surface area (Å²) in [6.07, 6.45) is 0. The minimum Gasteiger partial charge on any atom is -0.507 e. The summed E-state index contributed by atoms with van der Waals surface area (Å²) in [7, 11) is 1.45. The first kappa shape index (κ1) is 10.1. The standard InChI is InChI=1S/C9H9BrO3/c1-5(11)6-3-4-7(12)8(10)9(6)13-2/h3-4,12H,1-2H3. The van der Waals surface area contributed by atoms with E-state index in [1.165, 1.54) is 26.2 Å². The third-order valence-electron chi connectivity index (χ3n) is 1.66. The van der Waals surface area contributed by atoms with Crippen molar-refractivity contribution >= 4 is 21.7 Å². The summed E-state index contributed by atoms with van der Waals surface area (Å²) in [4.78, 5) is 11.1. The van der Waals surface area contributed by atoms with E-state index in [1.807, 2.05) is 0 Å². The van der Waals surface area contributed by atoms with Crippen LogP contribution >= 0.6 is 15.9 Å². The molecule has 0 heterocycles. The van der Waals surface area contributed by atoms with Crippen molar-refractivity contribution in [2.45, 2.75) is 6.92 Å². The molecule has 0 radical (unpaired) electrons. The average Bonchev–Trinajstić information content (AvgIpc) is 2.09. The molecule has 0 aliphatic heterocycles. The lowest BCUT2D eigenvalue weighted by atomic mass is 10.1. The molecule has 4 heteroatoms. The van der Waals surface area contributed by atoms with Gasteiger partial charge in [0.05, 0.1) is 12.7 Å². The Bertz CT molecular complexity index is 347. The molecule has 1 N–H and O–H groups in total. The SMILES string of the molecule is COc1c(C(C)=O)ccc(O)c1Br. The fraction of sp³-hybridized carbons (Fsp3) is 0.222. The molecule has 0 unspecified atom stereocenters. The van der Waals surface area contributed by atoms with E-state index in [2.05, 4.69) is 15.9 Å². The van der Waals surface area contributed by atoms with Crippen molar-refractivity contribution < 1.29 is 14.6 Å².